The molecule has 1 atom stereocenters. The lowest BCUT2D eigenvalue weighted by atomic mass is 10.1. The second-order valence-electron chi connectivity index (χ2n) is 4.06. The smallest absolute Gasteiger partial charge is 0.123 e. The van der Waals surface area contributed by atoms with Crippen LogP contribution in [0.2, 0.25) is 0 Å². The van der Waals surface area contributed by atoms with Crippen LogP contribution in [0.4, 0.5) is 0 Å². The van der Waals surface area contributed by atoms with Crippen LogP contribution in [0.15, 0.2) is 35.7 Å². The molecule has 0 aliphatic carbocycles. The molecule has 2 N–H and O–H groups in total. The van der Waals surface area contributed by atoms with Crippen LogP contribution in [0.5, 0.6) is 0 Å². The van der Waals surface area contributed by atoms with Gasteiger partial charge < -0.3 is 5.73 Å². The fraction of sp³-hybridized carbons (Fsp3) is 0.308. The predicted octanol–water partition coefficient (Wildman–Crippen LogP) is 2.95. The van der Waals surface area contributed by atoms with Gasteiger partial charge in [0, 0.05) is 10.9 Å². The summed E-state index contributed by atoms with van der Waals surface area (Å²) >= 11 is 1.70. The Morgan fingerprint density at radius 3 is 2.75 bits per heavy atom. The van der Waals surface area contributed by atoms with Gasteiger partial charge in [-0.15, -0.1) is 11.3 Å². The molecule has 2 nitrogen and oxygen atoms in total. The first-order chi connectivity index (χ1) is 7.79. The summed E-state index contributed by atoms with van der Waals surface area (Å²) in [4.78, 5) is 4.63. The molecule has 0 saturated carbocycles. The van der Waals surface area contributed by atoms with Crippen molar-refractivity contribution in [2.24, 2.45) is 11.7 Å². The van der Waals surface area contributed by atoms with Gasteiger partial charge in [0.05, 0.1) is 5.69 Å². The maximum Gasteiger partial charge on any atom is 0.123 e. The zero-order valence-corrected chi connectivity index (χ0v) is 10.2. The van der Waals surface area contributed by atoms with Crippen LogP contribution < -0.4 is 5.73 Å². The molecular formula is C13H16N2S. The molecule has 0 aliphatic heterocycles. The first-order valence-corrected chi connectivity index (χ1v) is 6.37. The van der Waals surface area contributed by atoms with Gasteiger partial charge in [0.25, 0.3) is 0 Å². The summed E-state index contributed by atoms with van der Waals surface area (Å²) in [5, 5.41) is 3.23. The molecule has 0 bridgehead atoms. The van der Waals surface area contributed by atoms with Crippen molar-refractivity contribution >= 4 is 11.3 Å². The summed E-state index contributed by atoms with van der Waals surface area (Å²) in [5.41, 5.74) is 7.96. The minimum atomic E-state index is 0.505. The van der Waals surface area contributed by atoms with E-state index in [1.807, 2.05) is 18.2 Å². The number of hydrogen-bond acceptors (Lipinski definition) is 3. The first kappa shape index (κ1) is 11.3. The fourth-order valence-corrected chi connectivity index (χ4v) is 2.39. The van der Waals surface area contributed by atoms with Crippen molar-refractivity contribution in [1.29, 1.82) is 0 Å². The van der Waals surface area contributed by atoms with Crippen molar-refractivity contribution in [3.8, 4) is 10.6 Å². The molecule has 0 saturated heterocycles. The fourth-order valence-electron chi connectivity index (χ4n) is 1.55. The summed E-state index contributed by atoms with van der Waals surface area (Å²) in [5.74, 6) is 0.505. The molecule has 84 valence electrons. The van der Waals surface area contributed by atoms with Gasteiger partial charge in [-0.1, -0.05) is 37.3 Å². The molecule has 2 rings (SSSR count). The van der Waals surface area contributed by atoms with Crippen LogP contribution in [-0.4, -0.2) is 11.5 Å². The molecule has 0 aliphatic rings. The van der Waals surface area contributed by atoms with E-state index in [1.165, 1.54) is 5.56 Å². The normalized spacial score (nSPS) is 12.6. The molecule has 1 aromatic carbocycles. The Labute approximate surface area is 100 Å². The number of nitrogens with zero attached hydrogens (tertiary/aromatic N) is 1. The molecule has 2 aromatic rings. The third-order valence-corrected chi connectivity index (χ3v) is 3.47. The van der Waals surface area contributed by atoms with Gasteiger partial charge in [-0.05, 0) is 18.9 Å². The van der Waals surface area contributed by atoms with Gasteiger partial charge >= 0.3 is 0 Å². The number of hydrogen-bond donors (Lipinski definition) is 1. The summed E-state index contributed by atoms with van der Waals surface area (Å²) in [6.45, 7) is 2.87. The summed E-state index contributed by atoms with van der Waals surface area (Å²) in [6.07, 6.45) is 0.972. The average molecular weight is 232 g/mol. The SMILES string of the molecule is CC(CN)Cc1csc(-c2ccccc2)n1. The molecule has 0 fully saturated rings. The van der Waals surface area contributed by atoms with Crippen LogP contribution in [-0.2, 0) is 6.42 Å². The van der Waals surface area contributed by atoms with E-state index in [2.05, 4.69) is 29.4 Å². The molecular weight excluding hydrogens is 216 g/mol. The Morgan fingerprint density at radius 2 is 2.06 bits per heavy atom. The molecule has 3 heteroatoms. The number of nitrogens with two attached hydrogens (primary N) is 1. The van der Waals surface area contributed by atoms with Crippen LogP contribution in [0.3, 0.4) is 0 Å². The zero-order valence-electron chi connectivity index (χ0n) is 9.39. The highest BCUT2D eigenvalue weighted by molar-refractivity contribution is 7.13. The lowest BCUT2D eigenvalue weighted by Crippen LogP contribution is -2.13. The maximum atomic E-state index is 5.61. The van der Waals surface area contributed by atoms with E-state index in [-0.39, 0.29) is 0 Å². The van der Waals surface area contributed by atoms with Crippen LogP contribution in [0.1, 0.15) is 12.6 Å². The first-order valence-electron chi connectivity index (χ1n) is 5.49. The van der Waals surface area contributed by atoms with Crippen molar-refractivity contribution in [3.63, 3.8) is 0 Å². The number of benzene rings is 1. The Hall–Kier alpha value is -1.19. The quantitative estimate of drug-likeness (QED) is 0.880. The highest BCUT2D eigenvalue weighted by atomic mass is 32.1. The average Bonchev–Trinajstić information content (AvgIpc) is 2.78. The van der Waals surface area contributed by atoms with Gasteiger partial charge in [-0.2, -0.15) is 0 Å². The highest BCUT2D eigenvalue weighted by Crippen LogP contribution is 2.24. The topological polar surface area (TPSA) is 38.9 Å². The largest absolute Gasteiger partial charge is 0.330 e. The van der Waals surface area contributed by atoms with E-state index in [1.54, 1.807) is 11.3 Å². The predicted molar refractivity (Wildman–Crippen MR) is 69.5 cm³/mol. The molecule has 1 aromatic heterocycles. The second-order valence-corrected chi connectivity index (χ2v) is 4.91. The van der Waals surface area contributed by atoms with Gasteiger partial charge in [0.2, 0.25) is 0 Å². The standard InChI is InChI=1S/C13H16N2S/c1-10(8-14)7-12-9-16-13(15-12)11-5-3-2-4-6-11/h2-6,9-10H,7-8,14H2,1H3. The molecule has 0 radical (unpaired) electrons. The van der Waals surface area contributed by atoms with Gasteiger partial charge in [0.15, 0.2) is 0 Å². The summed E-state index contributed by atoms with van der Waals surface area (Å²) in [7, 11) is 0. The van der Waals surface area contributed by atoms with Crippen molar-refractivity contribution < 1.29 is 0 Å². The Kier molecular flexibility index (Phi) is 3.70. The van der Waals surface area contributed by atoms with E-state index in [4.69, 9.17) is 5.73 Å². The van der Waals surface area contributed by atoms with Crippen molar-refractivity contribution in [2.45, 2.75) is 13.3 Å². The van der Waals surface area contributed by atoms with E-state index >= 15 is 0 Å². The zero-order chi connectivity index (χ0) is 11.4. The van der Waals surface area contributed by atoms with Gasteiger partial charge in [-0.3, -0.25) is 0 Å². The van der Waals surface area contributed by atoms with E-state index < -0.39 is 0 Å². The summed E-state index contributed by atoms with van der Waals surface area (Å²) < 4.78 is 0. The molecule has 1 heterocycles. The van der Waals surface area contributed by atoms with Crippen LogP contribution >= 0.6 is 11.3 Å². The van der Waals surface area contributed by atoms with E-state index in [9.17, 15) is 0 Å². The van der Waals surface area contributed by atoms with Crippen LogP contribution in [0.25, 0.3) is 10.6 Å². The lowest BCUT2D eigenvalue weighted by molar-refractivity contribution is 0.586. The minimum absolute atomic E-state index is 0.505. The number of thiazole rings is 1. The third-order valence-electron chi connectivity index (χ3n) is 2.53. The number of rotatable bonds is 4. The maximum absolute atomic E-state index is 5.61. The second kappa shape index (κ2) is 5.23. The van der Waals surface area contributed by atoms with Crippen molar-refractivity contribution in [1.82, 2.24) is 4.98 Å². The summed E-state index contributed by atoms with van der Waals surface area (Å²) in [6, 6.07) is 10.3. The van der Waals surface area contributed by atoms with E-state index in [0.29, 0.717) is 5.92 Å². The molecule has 0 spiro atoms. The van der Waals surface area contributed by atoms with E-state index in [0.717, 1.165) is 23.7 Å². The van der Waals surface area contributed by atoms with Gasteiger partial charge in [-0.25, -0.2) is 4.98 Å². The third kappa shape index (κ3) is 2.68. The lowest BCUT2D eigenvalue weighted by Gasteiger charge is -2.04. The van der Waals surface area contributed by atoms with Gasteiger partial charge in [0.1, 0.15) is 5.01 Å². The Morgan fingerprint density at radius 1 is 1.31 bits per heavy atom. The van der Waals surface area contributed by atoms with Crippen molar-refractivity contribution in [3.05, 3.63) is 41.4 Å². The highest BCUT2D eigenvalue weighted by Gasteiger charge is 2.07. The molecule has 0 amide bonds. The molecule has 16 heavy (non-hydrogen) atoms. The monoisotopic (exact) mass is 232 g/mol. The Balaban J connectivity index is 2.14. The molecule has 1 unspecified atom stereocenters. The Bertz CT molecular complexity index is 436. The van der Waals surface area contributed by atoms with Crippen LogP contribution in [0, 0.1) is 5.92 Å². The number of aromatic nitrogens is 1. The minimum Gasteiger partial charge on any atom is -0.330 e. The van der Waals surface area contributed by atoms with Crippen molar-refractivity contribution in [2.75, 3.05) is 6.54 Å².